The quantitative estimate of drug-likeness (QED) is 0.407. The maximum absolute atomic E-state index is 12.6. The first-order valence-electron chi connectivity index (χ1n) is 6.92. The molecule has 1 aromatic rings. The molecule has 9 nitrogen and oxygen atoms in total. The number of methoxy groups -OCH3 is 1. The van der Waals surface area contributed by atoms with Crippen molar-refractivity contribution in [3.8, 4) is 0 Å². The van der Waals surface area contributed by atoms with E-state index in [2.05, 4.69) is 4.74 Å². The van der Waals surface area contributed by atoms with E-state index in [0.29, 0.717) is 0 Å². The Balaban J connectivity index is 2.32. The Morgan fingerprint density at radius 3 is 2.58 bits per heavy atom. The summed E-state index contributed by atoms with van der Waals surface area (Å²) < 4.78 is 4.61. The highest BCUT2D eigenvalue weighted by Gasteiger charge is 2.68. The Bertz CT molecular complexity index is 803. The van der Waals surface area contributed by atoms with Crippen molar-refractivity contribution < 1.29 is 33.8 Å². The fraction of sp³-hybridized carbons (Fsp3) is 0.267. The van der Waals surface area contributed by atoms with Gasteiger partial charge in [0.05, 0.1) is 7.11 Å². The summed E-state index contributed by atoms with van der Waals surface area (Å²) in [4.78, 5) is 61.5. The third-order valence-electron chi connectivity index (χ3n) is 4.23. The number of benzene rings is 1. The molecule has 24 heavy (non-hydrogen) atoms. The van der Waals surface area contributed by atoms with Gasteiger partial charge in [-0.1, -0.05) is 18.2 Å². The molecule has 3 rings (SSSR count). The van der Waals surface area contributed by atoms with Crippen LogP contribution in [0.1, 0.15) is 15.9 Å². The van der Waals surface area contributed by atoms with Gasteiger partial charge >= 0.3 is 11.9 Å². The molecule has 2 aliphatic rings. The van der Waals surface area contributed by atoms with Crippen LogP contribution in [0.3, 0.4) is 0 Å². The van der Waals surface area contributed by atoms with Crippen LogP contribution in [0.15, 0.2) is 24.3 Å². The van der Waals surface area contributed by atoms with E-state index in [0.717, 1.165) is 12.0 Å². The maximum Gasteiger partial charge on any atom is 0.323 e. The molecule has 2 N–H and O–H groups in total. The van der Waals surface area contributed by atoms with Gasteiger partial charge in [-0.2, -0.15) is 0 Å². The molecule has 0 aromatic heterocycles. The third kappa shape index (κ3) is 1.78. The minimum Gasteiger partial charge on any atom is -0.480 e. The van der Waals surface area contributed by atoms with E-state index in [1.807, 2.05) is 5.32 Å². The van der Waals surface area contributed by atoms with Gasteiger partial charge in [0.25, 0.3) is 11.8 Å². The minimum absolute atomic E-state index is 0.0671. The molecule has 1 spiro atoms. The number of nitrogens with zero attached hydrogens (tertiary/aromatic N) is 1. The second-order valence-corrected chi connectivity index (χ2v) is 5.37. The van der Waals surface area contributed by atoms with E-state index in [9.17, 15) is 24.0 Å². The lowest BCUT2D eigenvalue weighted by atomic mass is 9.79. The molecule has 2 heterocycles. The monoisotopic (exact) mass is 332 g/mol. The van der Waals surface area contributed by atoms with Crippen molar-refractivity contribution in [2.75, 3.05) is 13.7 Å². The van der Waals surface area contributed by atoms with Gasteiger partial charge in [-0.3, -0.25) is 29.3 Å². The average Bonchev–Trinajstić information content (AvgIpc) is 2.94. The highest BCUT2D eigenvalue weighted by molar-refractivity contribution is 6.22. The van der Waals surface area contributed by atoms with E-state index in [-0.39, 0.29) is 11.1 Å². The Hall–Kier alpha value is -3.23. The smallest absolute Gasteiger partial charge is 0.323 e. The standard InChI is InChI=1S/C15H12N2O7/c1-24-13(22)10-11(20)16-14(23)15(10)8-5-3-2-4-7(8)12(21)17(15)6-9(18)19/h2-5,10H,6H2,1H3,(H,18,19)(H,16,20,23). The SMILES string of the molecule is COC(=O)C1C(=O)NC(=O)C12c1ccccc1C(=O)N2CC(=O)O. The molecule has 9 heteroatoms. The van der Waals surface area contributed by atoms with Gasteiger partial charge in [-0.25, -0.2) is 0 Å². The number of imide groups is 1. The summed E-state index contributed by atoms with van der Waals surface area (Å²) in [5.41, 5.74) is -1.89. The molecule has 3 amide bonds. The molecular weight excluding hydrogens is 320 g/mol. The van der Waals surface area contributed by atoms with Crippen LogP contribution in [0.25, 0.3) is 0 Å². The zero-order chi connectivity index (χ0) is 17.6. The molecule has 2 unspecified atom stereocenters. The average molecular weight is 332 g/mol. The molecule has 2 aliphatic heterocycles. The van der Waals surface area contributed by atoms with Gasteiger partial charge in [0.1, 0.15) is 6.54 Å². The van der Waals surface area contributed by atoms with Crippen molar-refractivity contribution in [1.29, 1.82) is 0 Å². The fourth-order valence-corrected chi connectivity index (χ4v) is 3.34. The molecule has 1 aromatic carbocycles. The lowest BCUT2D eigenvalue weighted by molar-refractivity contribution is -0.157. The zero-order valence-electron chi connectivity index (χ0n) is 12.4. The van der Waals surface area contributed by atoms with Gasteiger partial charge in [0, 0.05) is 11.1 Å². The minimum atomic E-state index is -2.06. The summed E-state index contributed by atoms with van der Waals surface area (Å²) in [7, 11) is 1.04. The number of amides is 3. The highest BCUT2D eigenvalue weighted by Crippen LogP contribution is 2.47. The lowest BCUT2D eigenvalue weighted by Gasteiger charge is -2.34. The van der Waals surface area contributed by atoms with Gasteiger partial charge in [-0.15, -0.1) is 0 Å². The van der Waals surface area contributed by atoms with Gasteiger partial charge in [0.15, 0.2) is 11.5 Å². The van der Waals surface area contributed by atoms with Crippen LogP contribution < -0.4 is 5.32 Å². The molecule has 0 saturated carbocycles. The first kappa shape index (κ1) is 15.7. The number of hydrogen-bond acceptors (Lipinski definition) is 6. The van der Waals surface area contributed by atoms with Crippen molar-refractivity contribution >= 4 is 29.7 Å². The molecule has 1 fully saturated rings. The molecule has 124 valence electrons. The molecule has 0 bridgehead atoms. The molecule has 0 radical (unpaired) electrons. The van der Waals surface area contributed by atoms with Crippen LogP contribution in [0.5, 0.6) is 0 Å². The normalized spacial score (nSPS) is 25.0. The Morgan fingerprint density at radius 2 is 1.96 bits per heavy atom. The topological polar surface area (TPSA) is 130 Å². The van der Waals surface area contributed by atoms with Gasteiger partial charge in [-0.05, 0) is 6.07 Å². The number of hydrogen-bond donors (Lipinski definition) is 2. The van der Waals surface area contributed by atoms with Gasteiger partial charge < -0.3 is 14.7 Å². The van der Waals surface area contributed by atoms with Crippen molar-refractivity contribution in [1.82, 2.24) is 10.2 Å². The van der Waals surface area contributed by atoms with Crippen LogP contribution in [0, 0.1) is 5.92 Å². The van der Waals surface area contributed by atoms with Crippen LogP contribution in [-0.4, -0.2) is 53.3 Å². The van der Waals surface area contributed by atoms with Crippen molar-refractivity contribution in [2.45, 2.75) is 5.54 Å². The number of aliphatic carboxylic acids is 1. The van der Waals surface area contributed by atoms with Crippen molar-refractivity contribution in [3.05, 3.63) is 35.4 Å². The van der Waals surface area contributed by atoms with Crippen LogP contribution >= 0.6 is 0 Å². The van der Waals surface area contributed by atoms with E-state index < -0.39 is 47.7 Å². The maximum atomic E-state index is 12.6. The lowest BCUT2D eigenvalue weighted by Crippen LogP contribution is -2.56. The van der Waals surface area contributed by atoms with E-state index in [4.69, 9.17) is 5.11 Å². The summed E-state index contributed by atoms with van der Waals surface area (Å²) >= 11 is 0. The van der Waals surface area contributed by atoms with Crippen LogP contribution in [0.4, 0.5) is 0 Å². The number of carboxylic acids is 1. The predicted octanol–water partition coefficient (Wildman–Crippen LogP) is -1.13. The van der Waals surface area contributed by atoms with Crippen molar-refractivity contribution in [2.24, 2.45) is 5.92 Å². The predicted molar refractivity (Wildman–Crippen MR) is 75.4 cm³/mol. The Kier molecular flexibility index (Phi) is 3.36. The van der Waals surface area contributed by atoms with Crippen molar-refractivity contribution in [3.63, 3.8) is 0 Å². The summed E-state index contributed by atoms with van der Waals surface area (Å²) in [6, 6.07) is 5.90. The number of carbonyl (C=O) groups excluding carboxylic acids is 4. The fourth-order valence-electron chi connectivity index (χ4n) is 3.34. The number of nitrogens with one attached hydrogen (secondary N) is 1. The van der Waals surface area contributed by atoms with Gasteiger partial charge in [0.2, 0.25) is 5.91 Å². The second-order valence-electron chi connectivity index (χ2n) is 5.37. The largest absolute Gasteiger partial charge is 0.480 e. The summed E-state index contributed by atoms with van der Waals surface area (Å²) in [5, 5.41) is 11.1. The van der Waals surface area contributed by atoms with E-state index >= 15 is 0 Å². The Labute approximate surface area is 135 Å². The molecule has 0 aliphatic carbocycles. The Morgan fingerprint density at radius 1 is 1.29 bits per heavy atom. The first-order valence-corrected chi connectivity index (χ1v) is 6.92. The van der Waals surface area contributed by atoms with Crippen LogP contribution in [0.2, 0.25) is 0 Å². The third-order valence-corrected chi connectivity index (χ3v) is 4.23. The molecular formula is C15H12N2O7. The molecule has 1 saturated heterocycles. The summed E-state index contributed by atoms with van der Waals surface area (Å²) in [5.74, 6) is -6.70. The second kappa shape index (κ2) is 5.15. The number of rotatable bonds is 3. The first-order chi connectivity index (χ1) is 11.4. The number of carbonyl (C=O) groups is 5. The van der Waals surface area contributed by atoms with Crippen LogP contribution in [-0.2, 0) is 29.5 Å². The summed E-state index contributed by atoms with van der Waals surface area (Å²) in [6.07, 6.45) is 0. The number of fused-ring (bicyclic) bond motifs is 2. The highest BCUT2D eigenvalue weighted by atomic mass is 16.5. The van der Waals surface area contributed by atoms with E-state index in [1.165, 1.54) is 24.3 Å². The molecule has 2 atom stereocenters. The van der Waals surface area contributed by atoms with E-state index in [1.54, 1.807) is 0 Å². The zero-order valence-corrected chi connectivity index (χ0v) is 12.4. The summed E-state index contributed by atoms with van der Waals surface area (Å²) in [6.45, 7) is -0.846. The number of carboxylic acid groups (broad SMARTS) is 1. The number of esters is 1. The number of ether oxygens (including phenoxy) is 1.